The highest BCUT2D eigenvalue weighted by atomic mass is 32.2. The Labute approximate surface area is 237 Å². The number of anilines is 2. The molecule has 2 aromatic rings. The van der Waals surface area contributed by atoms with Crippen molar-refractivity contribution in [2.24, 2.45) is 22.2 Å². The number of carbonyl (C=O) groups is 1. The highest BCUT2D eigenvalue weighted by Crippen LogP contribution is 2.52. The first-order valence-electron chi connectivity index (χ1n) is 13.2. The number of amidine groups is 1. The fourth-order valence-corrected chi connectivity index (χ4v) is 8.45. The maximum atomic E-state index is 14.1. The fraction of sp³-hybridized carbons (Fsp3) is 0.407. The van der Waals surface area contributed by atoms with E-state index in [0.29, 0.717) is 5.56 Å². The Hall–Kier alpha value is -3.65. The minimum Gasteiger partial charge on any atom is -0.511 e. The fourth-order valence-electron chi connectivity index (χ4n) is 6.75. The molecule has 41 heavy (non-hydrogen) atoms. The normalized spacial score (nSPS) is 26.6. The number of halogens is 1. The molecule has 0 spiro atoms. The summed E-state index contributed by atoms with van der Waals surface area (Å²) in [7, 11) is -6.68. The molecule has 0 radical (unpaired) electrons. The lowest BCUT2D eigenvalue weighted by atomic mass is 9.59. The van der Waals surface area contributed by atoms with E-state index in [4.69, 9.17) is 4.74 Å². The van der Waals surface area contributed by atoms with Gasteiger partial charge < -0.3 is 20.1 Å². The second kappa shape index (κ2) is 9.72. The number of nitrogens with one attached hydrogen (secondary N) is 2. The van der Waals surface area contributed by atoms with Gasteiger partial charge in [-0.15, -0.1) is 4.40 Å². The van der Waals surface area contributed by atoms with Gasteiger partial charge in [0.2, 0.25) is 10.0 Å². The lowest BCUT2D eigenvalue weighted by Gasteiger charge is -2.54. The van der Waals surface area contributed by atoms with Crippen LogP contribution in [-0.4, -0.2) is 58.0 Å². The molecule has 2 bridgehead atoms. The predicted molar refractivity (Wildman–Crippen MR) is 149 cm³/mol. The lowest BCUT2D eigenvalue weighted by molar-refractivity contribution is -0.140. The SMILES string of the molecule is COc1cc(CN2C(=O)C(C3=NS(=O)(=O)c4cc(NS(C)(=O)=O)ccc4N3)=C(O)[C@@H]3C4CCC(CC4)[C@@H]32)ccc1F. The predicted octanol–water partition coefficient (Wildman–Crippen LogP) is 3.38. The van der Waals surface area contributed by atoms with Gasteiger partial charge >= 0.3 is 0 Å². The van der Waals surface area contributed by atoms with Gasteiger partial charge in [0.1, 0.15) is 16.2 Å². The minimum atomic E-state index is -4.38. The maximum absolute atomic E-state index is 14.1. The maximum Gasteiger partial charge on any atom is 0.286 e. The monoisotopic (exact) mass is 604 g/mol. The summed E-state index contributed by atoms with van der Waals surface area (Å²) in [4.78, 5) is 15.5. The largest absolute Gasteiger partial charge is 0.511 e. The molecule has 2 aliphatic heterocycles. The number of amides is 1. The zero-order chi connectivity index (χ0) is 29.3. The van der Waals surface area contributed by atoms with Gasteiger partial charge in [-0.3, -0.25) is 9.52 Å². The van der Waals surface area contributed by atoms with E-state index in [1.54, 1.807) is 11.0 Å². The van der Waals surface area contributed by atoms with Gasteiger partial charge in [0.25, 0.3) is 15.9 Å². The molecule has 218 valence electrons. The van der Waals surface area contributed by atoms with Crippen LogP contribution in [0.25, 0.3) is 0 Å². The number of hydrogen-bond donors (Lipinski definition) is 3. The summed E-state index contributed by atoms with van der Waals surface area (Å²) < 4.78 is 75.1. The highest BCUT2D eigenvalue weighted by Gasteiger charge is 2.54. The third-order valence-corrected chi connectivity index (χ3v) is 10.3. The number of aliphatic hydroxyl groups is 1. The number of carbonyl (C=O) groups excluding carboxylic acids is 1. The molecule has 3 N–H and O–H groups in total. The van der Waals surface area contributed by atoms with Crippen molar-refractivity contribution < 1.29 is 35.9 Å². The van der Waals surface area contributed by atoms with Gasteiger partial charge in [-0.05, 0) is 73.4 Å². The molecule has 14 heteroatoms. The average Bonchev–Trinajstić information content (AvgIpc) is 2.91. The quantitative estimate of drug-likeness (QED) is 0.454. The Balaban J connectivity index is 1.42. The van der Waals surface area contributed by atoms with Crippen molar-refractivity contribution >= 4 is 43.2 Å². The van der Waals surface area contributed by atoms with Crippen molar-refractivity contribution in [1.29, 1.82) is 0 Å². The van der Waals surface area contributed by atoms with Crippen LogP contribution < -0.4 is 14.8 Å². The minimum absolute atomic E-state index is 0.0352. The number of rotatable bonds is 6. The van der Waals surface area contributed by atoms with E-state index in [1.807, 2.05) is 0 Å². The van der Waals surface area contributed by atoms with Crippen LogP contribution in [0.15, 0.2) is 57.0 Å². The molecule has 2 heterocycles. The van der Waals surface area contributed by atoms with E-state index in [0.717, 1.165) is 38.0 Å². The summed E-state index contributed by atoms with van der Waals surface area (Å²) >= 11 is 0. The second-order valence-electron chi connectivity index (χ2n) is 11.0. The molecular weight excluding hydrogens is 575 g/mol. The smallest absolute Gasteiger partial charge is 0.286 e. The number of aliphatic hydroxyl groups excluding tert-OH is 1. The average molecular weight is 605 g/mol. The van der Waals surface area contributed by atoms with Crippen LogP contribution in [-0.2, 0) is 31.4 Å². The number of benzene rings is 2. The molecule has 7 rings (SSSR count). The van der Waals surface area contributed by atoms with E-state index in [9.17, 15) is 31.1 Å². The van der Waals surface area contributed by atoms with Crippen molar-refractivity contribution in [3.63, 3.8) is 0 Å². The van der Waals surface area contributed by atoms with Crippen LogP contribution in [0, 0.1) is 23.6 Å². The standard InChI is InChI=1S/C27H29FN4O7S2/c1-39-20-11-14(3-9-18(20)28)13-32-24-16-6-4-15(5-7-16)22(24)25(33)23(27(32)34)26-29-19-10-8-17(30-40(2,35)36)12-21(19)41(37,38)31-26/h3,8-12,15-16,22,24,30,33H,4-7,13H2,1-2H3,(H,29,31)/t15?,16?,22-,24+/m1/s1. The Morgan fingerprint density at radius 1 is 1.15 bits per heavy atom. The first-order valence-corrected chi connectivity index (χ1v) is 16.5. The van der Waals surface area contributed by atoms with Gasteiger partial charge in [-0.25, -0.2) is 12.8 Å². The second-order valence-corrected chi connectivity index (χ2v) is 14.3. The zero-order valence-corrected chi connectivity index (χ0v) is 23.9. The van der Waals surface area contributed by atoms with Gasteiger partial charge in [0.15, 0.2) is 17.4 Å². The molecule has 3 fully saturated rings. The molecule has 1 amide bonds. The summed E-state index contributed by atoms with van der Waals surface area (Å²) in [6.07, 6.45) is 4.53. The van der Waals surface area contributed by atoms with Crippen molar-refractivity contribution in [1.82, 2.24) is 4.90 Å². The number of nitrogens with zero attached hydrogens (tertiary/aromatic N) is 2. The molecule has 2 aromatic carbocycles. The Bertz CT molecular complexity index is 1730. The first kappa shape index (κ1) is 27.5. The number of ether oxygens (including phenoxy) is 1. The van der Waals surface area contributed by atoms with Gasteiger partial charge in [0.05, 0.1) is 19.1 Å². The molecule has 0 saturated heterocycles. The van der Waals surface area contributed by atoms with Crippen molar-refractivity contribution in [2.75, 3.05) is 23.4 Å². The van der Waals surface area contributed by atoms with Crippen molar-refractivity contribution in [2.45, 2.75) is 43.2 Å². The van der Waals surface area contributed by atoms with Crippen LogP contribution in [0.3, 0.4) is 0 Å². The molecule has 11 nitrogen and oxygen atoms in total. The summed E-state index contributed by atoms with van der Waals surface area (Å²) in [5.74, 6) is -1.69. The number of fused-ring (bicyclic) bond motifs is 3. The van der Waals surface area contributed by atoms with Crippen molar-refractivity contribution in [3.8, 4) is 5.75 Å². The van der Waals surface area contributed by atoms with Gasteiger partial charge in [0, 0.05) is 24.2 Å². The van der Waals surface area contributed by atoms with Gasteiger partial charge in [-0.1, -0.05) is 6.07 Å². The summed E-state index contributed by atoms with van der Waals surface area (Å²) in [6, 6.07) is 7.95. The summed E-state index contributed by atoms with van der Waals surface area (Å²) in [5, 5.41) is 14.5. The van der Waals surface area contributed by atoms with Crippen LogP contribution in [0.1, 0.15) is 31.2 Å². The molecule has 5 aliphatic rings. The molecular formula is C27H29FN4O7S2. The third kappa shape index (κ3) is 4.82. The van der Waals surface area contributed by atoms with Crippen LogP contribution in [0.2, 0.25) is 0 Å². The lowest BCUT2D eigenvalue weighted by Crippen LogP contribution is -2.60. The topological polar surface area (TPSA) is 154 Å². The Morgan fingerprint density at radius 2 is 1.85 bits per heavy atom. The molecule has 2 atom stereocenters. The van der Waals surface area contributed by atoms with Crippen LogP contribution in [0.4, 0.5) is 15.8 Å². The summed E-state index contributed by atoms with van der Waals surface area (Å²) in [5.41, 5.74) is 0.526. The zero-order valence-electron chi connectivity index (χ0n) is 22.3. The Morgan fingerprint density at radius 3 is 2.54 bits per heavy atom. The van der Waals surface area contributed by atoms with Crippen LogP contribution in [0.5, 0.6) is 5.75 Å². The van der Waals surface area contributed by atoms with Gasteiger partial charge in [-0.2, -0.15) is 8.42 Å². The van der Waals surface area contributed by atoms with E-state index < -0.39 is 37.7 Å². The molecule has 0 aromatic heterocycles. The van der Waals surface area contributed by atoms with E-state index in [1.165, 1.54) is 31.4 Å². The number of hydrogen-bond acceptors (Lipinski definition) is 8. The molecule has 0 unspecified atom stereocenters. The molecule has 3 aliphatic carbocycles. The highest BCUT2D eigenvalue weighted by molar-refractivity contribution is 7.92. The van der Waals surface area contributed by atoms with E-state index >= 15 is 0 Å². The van der Waals surface area contributed by atoms with E-state index in [-0.39, 0.29) is 63.6 Å². The molecule has 3 saturated carbocycles. The third-order valence-electron chi connectivity index (χ3n) is 8.41. The number of sulfonamides is 2. The Kier molecular flexibility index (Phi) is 6.53. The number of methoxy groups -OCH3 is 1. The summed E-state index contributed by atoms with van der Waals surface area (Å²) in [6.45, 7) is 0.105. The first-order chi connectivity index (χ1) is 19.4. The van der Waals surface area contributed by atoms with E-state index in [2.05, 4.69) is 14.4 Å². The van der Waals surface area contributed by atoms with Crippen molar-refractivity contribution in [3.05, 3.63) is 59.1 Å². The van der Waals surface area contributed by atoms with Crippen LogP contribution >= 0.6 is 0 Å².